The summed E-state index contributed by atoms with van der Waals surface area (Å²) in [5.74, 6) is 0.603. The Labute approximate surface area is 124 Å². The minimum Gasteiger partial charge on any atom is -0.316 e. The Bertz CT molecular complexity index is 368. The number of hydrogen-bond donors (Lipinski definition) is 2. The van der Waals surface area contributed by atoms with Crippen molar-refractivity contribution in [2.45, 2.75) is 57.9 Å². The Hall–Kier alpha value is -0.860. The summed E-state index contributed by atoms with van der Waals surface area (Å²) in [6.07, 6.45) is 6.61. The molecule has 0 aliphatic heterocycles. The molecule has 2 N–H and O–H groups in total. The van der Waals surface area contributed by atoms with Crippen molar-refractivity contribution in [1.82, 2.24) is 10.6 Å². The molecule has 1 aliphatic carbocycles. The minimum atomic E-state index is 0.603. The summed E-state index contributed by atoms with van der Waals surface area (Å²) in [6, 6.07) is 10.1. The van der Waals surface area contributed by atoms with E-state index in [0.29, 0.717) is 5.92 Å². The first-order chi connectivity index (χ1) is 9.79. The van der Waals surface area contributed by atoms with Crippen molar-refractivity contribution >= 4 is 0 Å². The van der Waals surface area contributed by atoms with Gasteiger partial charge in [-0.1, -0.05) is 38.1 Å². The molecule has 1 aromatic rings. The van der Waals surface area contributed by atoms with Crippen LogP contribution >= 0.6 is 0 Å². The molecular weight excluding hydrogens is 244 g/mol. The van der Waals surface area contributed by atoms with E-state index < -0.39 is 0 Å². The molecule has 0 bridgehead atoms. The van der Waals surface area contributed by atoms with E-state index in [0.717, 1.165) is 19.1 Å². The van der Waals surface area contributed by atoms with E-state index >= 15 is 0 Å². The Balaban J connectivity index is 1.64. The van der Waals surface area contributed by atoms with E-state index in [4.69, 9.17) is 0 Å². The van der Waals surface area contributed by atoms with Gasteiger partial charge in [-0.3, -0.25) is 0 Å². The van der Waals surface area contributed by atoms with E-state index in [1.807, 2.05) is 0 Å². The van der Waals surface area contributed by atoms with Crippen LogP contribution < -0.4 is 10.6 Å². The quantitative estimate of drug-likeness (QED) is 0.638. The van der Waals surface area contributed by atoms with E-state index in [1.165, 1.54) is 49.8 Å². The smallest absolute Gasteiger partial charge is 0.00682 e. The SMILES string of the molecule is CCNCC(C)c1ccc(CCCCNC2CC2)cc1. The zero-order chi connectivity index (χ0) is 14.2. The molecule has 1 aliphatic rings. The summed E-state index contributed by atoms with van der Waals surface area (Å²) in [4.78, 5) is 0. The molecule has 1 aromatic carbocycles. The van der Waals surface area contributed by atoms with Crippen LogP contribution in [0, 0.1) is 0 Å². The van der Waals surface area contributed by atoms with Crippen molar-refractivity contribution < 1.29 is 0 Å². The molecule has 2 nitrogen and oxygen atoms in total. The molecule has 20 heavy (non-hydrogen) atoms. The van der Waals surface area contributed by atoms with Crippen molar-refractivity contribution in [3.63, 3.8) is 0 Å². The largest absolute Gasteiger partial charge is 0.316 e. The van der Waals surface area contributed by atoms with Crippen molar-refractivity contribution in [3.05, 3.63) is 35.4 Å². The zero-order valence-corrected chi connectivity index (χ0v) is 13.1. The molecule has 0 aromatic heterocycles. The first kappa shape index (κ1) is 15.5. The zero-order valence-electron chi connectivity index (χ0n) is 13.1. The number of benzene rings is 1. The molecule has 0 amide bonds. The lowest BCUT2D eigenvalue weighted by atomic mass is 9.98. The lowest BCUT2D eigenvalue weighted by Gasteiger charge is -2.13. The number of unbranched alkanes of at least 4 members (excludes halogenated alkanes) is 1. The van der Waals surface area contributed by atoms with Gasteiger partial charge < -0.3 is 10.6 Å². The van der Waals surface area contributed by atoms with Gasteiger partial charge in [0.05, 0.1) is 0 Å². The lowest BCUT2D eigenvalue weighted by Crippen LogP contribution is -2.19. The summed E-state index contributed by atoms with van der Waals surface area (Å²) in [5, 5.41) is 7.00. The van der Waals surface area contributed by atoms with Crippen LogP contribution in [0.5, 0.6) is 0 Å². The topological polar surface area (TPSA) is 24.1 Å². The van der Waals surface area contributed by atoms with Crippen LogP contribution in [0.1, 0.15) is 56.6 Å². The fraction of sp³-hybridized carbons (Fsp3) is 0.667. The summed E-state index contributed by atoms with van der Waals surface area (Å²) in [5.41, 5.74) is 2.93. The highest BCUT2D eigenvalue weighted by Crippen LogP contribution is 2.19. The maximum Gasteiger partial charge on any atom is 0.00682 e. The second kappa shape index (κ2) is 8.43. The van der Waals surface area contributed by atoms with Gasteiger partial charge in [0.25, 0.3) is 0 Å². The van der Waals surface area contributed by atoms with Gasteiger partial charge in [0.2, 0.25) is 0 Å². The van der Waals surface area contributed by atoms with Crippen molar-refractivity contribution in [2.75, 3.05) is 19.6 Å². The second-order valence-electron chi connectivity index (χ2n) is 6.14. The van der Waals surface area contributed by atoms with Crippen LogP contribution in [0.15, 0.2) is 24.3 Å². The highest BCUT2D eigenvalue weighted by Gasteiger charge is 2.19. The van der Waals surface area contributed by atoms with E-state index in [9.17, 15) is 0 Å². The Morgan fingerprint density at radius 3 is 2.55 bits per heavy atom. The maximum absolute atomic E-state index is 3.58. The van der Waals surface area contributed by atoms with Crippen LogP contribution in [-0.2, 0) is 6.42 Å². The average Bonchev–Trinajstić information content (AvgIpc) is 3.29. The average molecular weight is 274 g/mol. The molecule has 0 heterocycles. The van der Waals surface area contributed by atoms with Gasteiger partial charge in [-0.15, -0.1) is 0 Å². The van der Waals surface area contributed by atoms with Crippen LogP contribution in [0.4, 0.5) is 0 Å². The standard InChI is InChI=1S/C18H30N2/c1-3-19-14-15(2)17-9-7-16(8-10-17)6-4-5-13-20-18-11-12-18/h7-10,15,18-20H,3-6,11-14H2,1-2H3. The van der Waals surface area contributed by atoms with Gasteiger partial charge in [0, 0.05) is 12.6 Å². The Morgan fingerprint density at radius 1 is 1.15 bits per heavy atom. The van der Waals surface area contributed by atoms with Crippen LogP contribution in [0.3, 0.4) is 0 Å². The number of likely N-dealkylation sites (N-methyl/N-ethyl adjacent to an activating group) is 1. The summed E-state index contributed by atoms with van der Waals surface area (Å²) in [7, 11) is 0. The second-order valence-corrected chi connectivity index (χ2v) is 6.14. The predicted molar refractivity (Wildman–Crippen MR) is 87.4 cm³/mol. The van der Waals surface area contributed by atoms with Crippen LogP contribution in [0.25, 0.3) is 0 Å². The normalized spacial score (nSPS) is 16.3. The molecule has 1 unspecified atom stereocenters. The molecule has 0 radical (unpaired) electrons. The molecule has 2 heteroatoms. The minimum absolute atomic E-state index is 0.603. The Kier molecular flexibility index (Phi) is 6.55. The number of aryl methyl sites for hydroxylation is 1. The van der Waals surface area contributed by atoms with Gasteiger partial charge >= 0.3 is 0 Å². The summed E-state index contributed by atoms with van der Waals surface area (Å²) in [6.45, 7) is 7.78. The Morgan fingerprint density at radius 2 is 1.90 bits per heavy atom. The first-order valence-electron chi connectivity index (χ1n) is 8.32. The van der Waals surface area contributed by atoms with Gasteiger partial charge in [-0.05, 0) is 62.2 Å². The lowest BCUT2D eigenvalue weighted by molar-refractivity contribution is 0.619. The van der Waals surface area contributed by atoms with Crippen LogP contribution in [-0.4, -0.2) is 25.7 Å². The number of hydrogen-bond acceptors (Lipinski definition) is 2. The summed E-state index contributed by atoms with van der Waals surface area (Å²) < 4.78 is 0. The molecule has 1 atom stereocenters. The van der Waals surface area contributed by atoms with Gasteiger partial charge in [-0.25, -0.2) is 0 Å². The van der Waals surface area contributed by atoms with Crippen molar-refractivity contribution in [1.29, 1.82) is 0 Å². The molecular formula is C18H30N2. The van der Waals surface area contributed by atoms with E-state index in [1.54, 1.807) is 0 Å². The van der Waals surface area contributed by atoms with Gasteiger partial charge in [0.15, 0.2) is 0 Å². The number of nitrogens with one attached hydrogen (secondary N) is 2. The third kappa shape index (κ3) is 5.64. The third-order valence-corrected chi connectivity index (χ3v) is 4.15. The highest BCUT2D eigenvalue weighted by molar-refractivity contribution is 5.25. The highest BCUT2D eigenvalue weighted by atomic mass is 14.9. The monoisotopic (exact) mass is 274 g/mol. The van der Waals surface area contributed by atoms with Crippen molar-refractivity contribution in [2.24, 2.45) is 0 Å². The predicted octanol–water partition coefficient (Wildman–Crippen LogP) is 3.47. The fourth-order valence-corrected chi connectivity index (χ4v) is 2.54. The van der Waals surface area contributed by atoms with Gasteiger partial charge in [0.1, 0.15) is 0 Å². The first-order valence-corrected chi connectivity index (χ1v) is 8.32. The molecule has 1 fully saturated rings. The molecule has 1 saturated carbocycles. The summed E-state index contributed by atoms with van der Waals surface area (Å²) >= 11 is 0. The van der Waals surface area contributed by atoms with E-state index in [-0.39, 0.29) is 0 Å². The molecule has 0 saturated heterocycles. The van der Waals surface area contributed by atoms with Gasteiger partial charge in [-0.2, -0.15) is 0 Å². The molecule has 2 rings (SSSR count). The van der Waals surface area contributed by atoms with E-state index in [2.05, 4.69) is 48.7 Å². The third-order valence-electron chi connectivity index (χ3n) is 4.15. The fourth-order valence-electron chi connectivity index (χ4n) is 2.54. The number of rotatable bonds is 10. The molecule has 0 spiro atoms. The van der Waals surface area contributed by atoms with Crippen LogP contribution in [0.2, 0.25) is 0 Å². The molecule has 112 valence electrons. The van der Waals surface area contributed by atoms with Crippen molar-refractivity contribution in [3.8, 4) is 0 Å². The maximum atomic E-state index is 3.58.